The smallest absolute Gasteiger partial charge is 0.318 e. The second kappa shape index (κ2) is 5.88. The van der Waals surface area contributed by atoms with E-state index in [1.165, 1.54) is 0 Å². The van der Waals surface area contributed by atoms with Crippen LogP contribution in [-0.4, -0.2) is 57.0 Å². The zero-order chi connectivity index (χ0) is 16.8. The fraction of sp³-hybridized carbons (Fsp3) is 0.706. The van der Waals surface area contributed by atoms with Crippen molar-refractivity contribution in [2.75, 3.05) is 13.1 Å². The van der Waals surface area contributed by atoms with Crippen molar-refractivity contribution in [1.82, 2.24) is 25.1 Å². The molecule has 0 spiro atoms. The molecule has 1 aliphatic carbocycles. The lowest BCUT2D eigenvalue weighted by Gasteiger charge is -2.37. The number of carbonyl (C=O) groups is 1. The number of hydrogen-bond donors (Lipinski definition) is 2. The molecule has 2 N–H and O–H groups in total. The molecule has 2 atom stereocenters. The van der Waals surface area contributed by atoms with E-state index in [1.807, 2.05) is 4.90 Å². The van der Waals surface area contributed by atoms with Crippen LogP contribution >= 0.6 is 0 Å². The van der Waals surface area contributed by atoms with Gasteiger partial charge < -0.3 is 15.2 Å². The zero-order valence-electron chi connectivity index (χ0n) is 14.3. The summed E-state index contributed by atoms with van der Waals surface area (Å²) < 4.78 is 0. The van der Waals surface area contributed by atoms with Gasteiger partial charge in [0.1, 0.15) is 5.82 Å². The van der Waals surface area contributed by atoms with Crippen LogP contribution in [0.4, 0.5) is 4.79 Å². The van der Waals surface area contributed by atoms with E-state index < -0.39 is 0 Å². The van der Waals surface area contributed by atoms with Crippen molar-refractivity contribution < 1.29 is 4.79 Å². The Morgan fingerprint density at radius 2 is 2.08 bits per heavy atom. The second-order valence-corrected chi connectivity index (χ2v) is 7.54. The summed E-state index contributed by atoms with van der Waals surface area (Å²) in [4.78, 5) is 35.8. The molecular formula is C17H25N5O2. The number of amides is 2. The van der Waals surface area contributed by atoms with Gasteiger partial charge in [0.15, 0.2) is 0 Å². The minimum atomic E-state index is -0.0584. The maximum Gasteiger partial charge on any atom is 0.318 e. The van der Waals surface area contributed by atoms with Crippen LogP contribution in [0.25, 0.3) is 0 Å². The van der Waals surface area contributed by atoms with Gasteiger partial charge in [0.05, 0.1) is 17.8 Å². The van der Waals surface area contributed by atoms with Crippen LogP contribution in [0.5, 0.6) is 0 Å². The number of rotatable bonds is 4. The predicted octanol–water partition coefficient (Wildman–Crippen LogP) is 1.02. The van der Waals surface area contributed by atoms with Gasteiger partial charge in [-0.2, -0.15) is 0 Å². The van der Waals surface area contributed by atoms with Crippen LogP contribution in [0, 0.1) is 0 Å². The third-order valence-corrected chi connectivity index (χ3v) is 5.28. The summed E-state index contributed by atoms with van der Waals surface area (Å²) in [7, 11) is 0. The Labute approximate surface area is 141 Å². The number of piperidine rings is 1. The molecule has 1 aromatic rings. The molecule has 0 radical (unpaired) electrons. The van der Waals surface area contributed by atoms with E-state index >= 15 is 0 Å². The Bertz CT molecular complexity index is 696. The van der Waals surface area contributed by atoms with Crippen molar-refractivity contribution in [3.8, 4) is 0 Å². The molecule has 130 valence electrons. The van der Waals surface area contributed by atoms with Gasteiger partial charge >= 0.3 is 6.03 Å². The molecule has 2 amide bonds. The minimum absolute atomic E-state index is 0.0483. The van der Waals surface area contributed by atoms with Crippen molar-refractivity contribution in [2.24, 2.45) is 0 Å². The van der Waals surface area contributed by atoms with Gasteiger partial charge in [-0.15, -0.1) is 0 Å². The molecule has 3 aliphatic rings. The van der Waals surface area contributed by atoms with Crippen LogP contribution in [0.2, 0.25) is 0 Å². The largest absolute Gasteiger partial charge is 0.332 e. The highest BCUT2D eigenvalue weighted by Crippen LogP contribution is 2.37. The fourth-order valence-electron chi connectivity index (χ4n) is 4.02. The summed E-state index contributed by atoms with van der Waals surface area (Å²) in [6.45, 7) is 6.53. The number of carbonyl (C=O) groups excluding carboxylic acids is 1. The van der Waals surface area contributed by atoms with Gasteiger partial charge in [-0.05, 0) is 33.1 Å². The highest BCUT2D eigenvalue weighted by atomic mass is 16.2. The molecule has 3 heterocycles. The van der Waals surface area contributed by atoms with Crippen molar-refractivity contribution in [2.45, 2.75) is 63.7 Å². The van der Waals surface area contributed by atoms with Gasteiger partial charge in [-0.25, -0.2) is 9.78 Å². The number of nitrogens with one attached hydrogen (secondary N) is 2. The van der Waals surface area contributed by atoms with Crippen LogP contribution in [0.1, 0.15) is 50.5 Å². The van der Waals surface area contributed by atoms with E-state index in [0.717, 1.165) is 43.9 Å². The average Bonchev–Trinajstić information content (AvgIpc) is 3.29. The lowest BCUT2D eigenvalue weighted by atomic mass is 9.99. The van der Waals surface area contributed by atoms with Crippen molar-refractivity contribution >= 4 is 6.03 Å². The standard InChI is InChI=1S/C17H25N5O2/c1-10(2)22-14-5-6-21(9-13(14)19-17(22)24)8-12-7-15(23)20-16(18-12)11-3-4-11/h7,10-11,13-14H,3-6,8-9H2,1-2H3,(H,19,24)(H,18,20,23)/t13-,14+/m1/s1. The summed E-state index contributed by atoms with van der Waals surface area (Å²) in [5.41, 5.74) is 0.779. The van der Waals surface area contributed by atoms with Crippen LogP contribution in [0.15, 0.2) is 10.9 Å². The van der Waals surface area contributed by atoms with Crippen LogP contribution in [0.3, 0.4) is 0 Å². The maximum atomic E-state index is 12.2. The molecule has 0 unspecified atom stereocenters. The summed E-state index contributed by atoms with van der Waals surface area (Å²) in [5, 5.41) is 3.11. The number of aromatic nitrogens is 2. The highest BCUT2D eigenvalue weighted by molar-refractivity contribution is 5.78. The minimum Gasteiger partial charge on any atom is -0.332 e. The summed E-state index contributed by atoms with van der Waals surface area (Å²) in [6, 6.07) is 2.32. The molecule has 3 fully saturated rings. The molecular weight excluding hydrogens is 306 g/mol. The quantitative estimate of drug-likeness (QED) is 0.863. The molecule has 4 rings (SSSR count). The van der Waals surface area contributed by atoms with Gasteiger partial charge in [-0.3, -0.25) is 9.69 Å². The number of hydrogen-bond acceptors (Lipinski definition) is 4. The van der Waals surface area contributed by atoms with Gasteiger partial charge in [-0.1, -0.05) is 0 Å². The van der Waals surface area contributed by atoms with Gasteiger partial charge in [0.2, 0.25) is 0 Å². The lowest BCUT2D eigenvalue weighted by molar-refractivity contribution is 0.121. The Balaban J connectivity index is 1.45. The average molecular weight is 331 g/mol. The molecule has 0 bridgehead atoms. The molecule has 7 nitrogen and oxygen atoms in total. The number of nitrogens with zero attached hydrogens (tertiary/aromatic N) is 3. The van der Waals surface area contributed by atoms with E-state index in [4.69, 9.17) is 0 Å². The third-order valence-electron chi connectivity index (χ3n) is 5.28. The van der Waals surface area contributed by atoms with E-state index in [-0.39, 0.29) is 29.7 Å². The Morgan fingerprint density at radius 3 is 2.79 bits per heavy atom. The zero-order valence-corrected chi connectivity index (χ0v) is 14.3. The molecule has 7 heteroatoms. The van der Waals surface area contributed by atoms with Gasteiger partial charge in [0, 0.05) is 37.7 Å². The first-order valence-electron chi connectivity index (χ1n) is 8.92. The number of urea groups is 1. The third kappa shape index (κ3) is 2.92. The molecule has 2 aliphatic heterocycles. The summed E-state index contributed by atoms with van der Waals surface area (Å²) >= 11 is 0. The number of H-pyrrole nitrogens is 1. The fourth-order valence-corrected chi connectivity index (χ4v) is 4.02. The van der Waals surface area contributed by atoms with Crippen molar-refractivity contribution in [3.63, 3.8) is 0 Å². The van der Waals surface area contributed by atoms with E-state index in [1.54, 1.807) is 6.07 Å². The topological polar surface area (TPSA) is 81.3 Å². The number of fused-ring (bicyclic) bond motifs is 1. The van der Waals surface area contributed by atoms with E-state index in [2.05, 4.69) is 34.0 Å². The Morgan fingerprint density at radius 1 is 1.29 bits per heavy atom. The number of aromatic amines is 1. The molecule has 1 saturated carbocycles. The summed E-state index contributed by atoms with van der Waals surface area (Å²) in [5.74, 6) is 1.28. The molecule has 0 aromatic carbocycles. The lowest BCUT2D eigenvalue weighted by Crippen LogP contribution is -2.51. The van der Waals surface area contributed by atoms with Crippen molar-refractivity contribution in [3.05, 3.63) is 27.9 Å². The highest BCUT2D eigenvalue weighted by Gasteiger charge is 2.43. The van der Waals surface area contributed by atoms with Crippen LogP contribution < -0.4 is 10.9 Å². The van der Waals surface area contributed by atoms with E-state index in [9.17, 15) is 9.59 Å². The monoisotopic (exact) mass is 331 g/mol. The van der Waals surface area contributed by atoms with E-state index in [0.29, 0.717) is 12.5 Å². The normalized spacial score (nSPS) is 27.5. The second-order valence-electron chi connectivity index (χ2n) is 7.54. The molecule has 1 aromatic heterocycles. The van der Waals surface area contributed by atoms with Crippen molar-refractivity contribution in [1.29, 1.82) is 0 Å². The van der Waals surface area contributed by atoms with Gasteiger partial charge in [0.25, 0.3) is 5.56 Å². The van der Waals surface area contributed by atoms with Crippen LogP contribution in [-0.2, 0) is 6.54 Å². The predicted molar refractivity (Wildman–Crippen MR) is 89.8 cm³/mol. The Hall–Kier alpha value is -1.89. The SMILES string of the molecule is CC(C)N1C(=O)N[C@@H]2CN(Cc3cc(=O)[nH]c(C4CC4)n3)CC[C@@H]21. The molecule has 24 heavy (non-hydrogen) atoms. The number of likely N-dealkylation sites (tertiary alicyclic amines) is 1. The first kappa shape index (κ1) is 15.6. The molecule has 2 saturated heterocycles. The maximum absolute atomic E-state index is 12.2. The first-order chi connectivity index (χ1) is 11.5. The Kier molecular flexibility index (Phi) is 3.83. The summed E-state index contributed by atoms with van der Waals surface area (Å²) in [6.07, 6.45) is 3.20. The first-order valence-corrected chi connectivity index (χ1v) is 8.92.